The third-order valence-corrected chi connectivity index (χ3v) is 2.73. The van der Waals surface area contributed by atoms with Crippen LogP contribution in [0.2, 0.25) is 0 Å². The molecule has 3 N–H and O–H groups in total. The van der Waals surface area contributed by atoms with Gasteiger partial charge in [-0.15, -0.1) is 0 Å². The molecule has 1 aromatic heterocycles. The van der Waals surface area contributed by atoms with Gasteiger partial charge in [-0.25, -0.2) is 0 Å². The van der Waals surface area contributed by atoms with E-state index < -0.39 is 12.0 Å². The molecule has 0 spiro atoms. The third kappa shape index (κ3) is 2.78. The molecule has 0 saturated heterocycles. The second kappa shape index (κ2) is 5.06. The van der Waals surface area contributed by atoms with E-state index in [0.717, 1.165) is 22.6 Å². The minimum absolute atomic E-state index is 0.0827. The summed E-state index contributed by atoms with van der Waals surface area (Å²) in [5.41, 5.74) is 7.54. The van der Waals surface area contributed by atoms with Crippen molar-refractivity contribution in [2.75, 3.05) is 0 Å². The van der Waals surface area contributed by atoms with Crippen LogP contribution in [0.1, 0.15) is 23.8 Å². The molecule has 4 heteroatoms. The SMILES string of the molecule is Cc1ccc(-c2cccc(C(N)CC(=O)O)c2)o1. The molecular weight excluding hydrogens is 230 g/mol. The van der Waals surface area contributed by atoms with Gasteiger partial charge in [-0.05, 0) is 30.7 Å². The van der Waals surface area contributed by atoms with Crippen molar-refractivity contribution in [2.24, 2.45) is 5.73 Å². The van der Waals surface area contributed by atoms with Gasteiger partial charge in [0.25, 0.3) is 0 Å². The minimum Gasteiger partial charge on any atom is -0.481 e. The quantitative estimate of drug-likeness (QED) is 0.868. The Bertz CT molecular complexity index is 560. The summed E-state index contributed by atoms with van der Waals surface area (Å²) in [5.74, 6) is 0.698. The summed E-state index contributed by atoms with van der Waals surface area (Å²) in [5, 5.41) is 8.74. The van der Waals surface area contributed by atoms with Gasteiger partial charge in [0.1, 0.15) is 11.5 Å². The Morgan fingerprint density at radius 1 is 1.39 bits per heavy atom. The van der Waals surface area contributed by atoms with Crippen LogP contribution < -0.4 is 5.73 Å². The number of aliphatic carboxylic acids is 1. The number of nitrogens with two attached hydrogens (primary N) is 1. The molecule has 1 atom stereocenters. The molecule has 0 aliphatic rings. The van der Waals surface area contributed by atoms with Crippen LogP contribution >= 0.6 is 0 Å². The number of aryl methyl sites for hydroxylation is 1. The molecule has 0 radical (unpaired) electrons. The van der Waals surface area contributed by atoms with E-state index in [9.17, 15) is 4.79 Å². The first-order valence-electron chi connectivity index (χ1n) is 5.70. The standard InChI is InChI=1S/C14H15NO3/c1-9-5-6-13(18-9)11-4-2-3-10(7-11)12(15)8-14(16)17/h2-7,12H,8,15H2,1H3,(H,16,17). The minimum atomic E-state index is -0.901. The highest BCUT2D eigenvalue weighted by Crippen LogP contribution is 2.25. The summed E-state index contributed by atoms with van der Waals surface area (Å²) in [6.07, 6.45) is -0.0827. The molecule has 0 aliphatic carbocycles. The van der Waals surface area contributed by atoms with Crippen LogP contribution in [0.5, 0.6) is 0 Å². The number of carboxylic acid groups (broad SMARTS) is 1. The summed E-state index contributed by atoms with van der Waals surface area (Å²) >= 11 is 0. The van der Waals surface area contributed by atoms with Crippen LogP contribution in [-0.2, 0) is 4.79 Å². The Morgan fingerprint density at radius 2 is 2.17 bits per heavy atom. The predicted octanol–water partition coefficient (Wildman–Crippen LogP) is 2.73. The van der Waals surface area contributed by atoms with Crippen molar-refractivity contribution in [3.63, 3.8) is 0 Å². The number of hydrogen-bond acceptors (Lipinski definition) is 3. The highest BCUT2D eigenvalue weighted by molar-refractivity contribution is 5.68. The first kappa shape index (κ1) is 12.4. The number of hydrogen-bond donors (Lipinski definition) is 2. The van der Waals surface area contributed by atoms with Crippen molar-refractivity contribution < 1.29 is 14.3 Å². The van der Waals surface area contributed by atoms with Crippen molar-refractivity contribution in [3.8, 4) is 11.3 Å². The molecule has 2 aromatic rings. The van der Waals surface area contributed by atoms with Gasteiger partial charge in [-0.2, -0.15) is 0 Å². The Hall–Kier alpha value is -2.07. The van der Waals surface area contributed by atoms with Gasteiger partial charge in [0.05, 0.1) is 6.42 Å². The zero-order valence-corrected chi connectivity index (χ0v) is 10.1. The van der Waals surface area contributed by atoms with Crippen molar-refractivity contribution in [1.29, 1.82) is 0 Å². The molecule has 0 aliphatic heterocycles. The lowest BCUT2D eigenvalue weighted by Crippen LogP contribution is -2.14. The molecule has 4 nitrogen and oxygen atoms in total. The Balaban J connectivity index is 2.27. The van der Waals surface area contributed by atoms with Gasteiger partial charge in [-0.3, -0.25) is 4.79 Å². The Kier molecular flexibility index (Phi) is 3.48. The van der Waals surface area contributed by atoms with E-state index >= 15 is 0 Å². The highest BCUT2D eigenvalue weighted by Gasteiger charge is 2.12. The lowest BCUT2D eigenvalue weighted by molar-refractivity contribution is -0.137. The van der Waals surface area contributed by atoms with E-state index in [-0.39, 0.29) is 6.42 Å². The maximum absolute atomic E-state index is 10.6. The summed E-state index contributed by atoms with van der Waals surface area (Å²) in [4.78, 5) is 10.6. The second-order valence-corrected chi connectivity index (χ2v) is 4.24. The lowest BCUT2D eigenvalue weighted by Gasteiger charge is -2.10. The molecule has 94 valence electrons. The van der Waals surface area contributed by atoms with Gasteiger partial charge in [0.2, 0.25) is 0 Å². The van der Waals surface area contributed by atoms with Crippen molar-refractivity contribution in [1.82, 2.24) is 0 Å². The van der Waals surface area contributed by atoms with E-state index in [1.807, 2.05) is 43.3 Å². The zero-order chi connectivity index (χ0) is 13.1. The molecule has 18 heavy (non-hydrogen) atoms. The summed E-state index contributed by atoms with van der Waals surface area (Å²) < 4.78 is 5.53. The van der Waals surface area contributed by atoms with Crippen LogP contribution in [0, 0.1) is 6.92 Å². The lowest BCUT2D eigenvalue weighted by atomic mass is 10.0. The second-order valence-electron chi connectivity index (χ2n) is 4.24. The first-order chi connectivity index (χ1) is 8.56. The van der Waals surface area contributed by atoms with E-state index in [1.165, 1.54) is 0 Å². The summed E-state index contributed by atoms with van der Waals surface area (Å²) in [6, 6.07) is 10.7. The monoisotopic (exact) mass is 245 g/mol. The van der Waals surface area contributed by atoms with E-state index in [2.05, 4.69) is 0 Å². The van der Waals surface area contributed by atoms with Crippen molar-refractivity contribution in [3.05, 3.63) is 47.7 Å². The molecule has 0 saturated carbocycles. The highest BCUT2D eigenvalue weighted by atomic mass is 16.4. The van der Waals surface area contributed by atoms with Gasteiger partial charge in [-0.1, -0.05) is 18.2 Å². The normalized spacial score (nSPS) is 12.3. The molecule has 1 aromatic carbocycles. The average Bonchev–Trinajstić information content (AvgIpc) is 2.75. The van der Waals surface area contributed by atoms with Gasteiger partial charge >= 0.3 is 5.97 Å². The molecular formula is C14H15NO3. The molecule has 2 rings (SSSR count). The third-order valence-electron chi connectivity index (χ3n) is 2.73. The topological polar surface area (TPSA) is 76.5 Å². The van der Waals surface area contributed by atoms with Gasteiger partial charge in [0.15, 0.2) is 0 Å². The summed E-state index contributed by atoms with van der Waals surface area (Å²) in [7, 11) is 0. The Morgan fingerprint density at radius 3 is 2.78 bits per heavy atom. The number of carboxylic acids is 1. The van der Waals surface area contributed by atoms with Crippen LogP contribution in [-0.4, -0.2) is 11.1 Å². The number of carbonyl (C=O) groups is 1. The zero-order valence-electron chi connectivity index (χ0n) is 10.1. The van der Waals surface area contributed by atoms with Crippen molar-refractivity contribution in [2.45, 2.75) is 19.4 Å². The van der Waals surface area contributed by atoms with E-state index in [1.54, 1.807) is 0 Å². The fraction of sp³-hybridized carbons (Fsp3) is 0.214. The van der Waals surface area contributed by atoms with Crippen LogP contribution in [0.3, 0.4) is 0 Å². The molecule has 0 fully saturated rings. The van der Waals surface area contributed by atoms with Crippen molar-refractivity contribution >= 4 is 5.97 Å². The smallest absolute Gasteiger partial charge is 0.305 e. The molecule has 0 bridgehead atoms. The first-order valence-corrected chi connectivity index (χ1v) is 5.70. The number of furan rings is 1. The maximum atomic E-state index is 10.6. The number of benzene rings is 1. The fourth-order valence-electron chi connectivity index (χ4n) is 1.82. The predicted molar refractivity (Wildman–Crippen MR) is 68.1 cm³/mol. The molecule has 1 heterocycles. The van der Waals surface area contributed by atoms with Crippen LogP contribution in [0.15, 0.2) is 40.8 Å². The molecule has 0 amide bonds. The van der Waals surface area contributed by atoms with Gasteiger partial charge < -0.3 is 15.3 Å². The maximum Gasteiger partial charge on any atom is 0.305 e. The summed E-state index contributed by atoms with van der Waals surface area (Å²) in [6.45, 7) is 1.88. The van der Waals surface area contributed by atoms with Crippen LogP contribution in [0.4, 0.5) is 0 Å². The number of rotatable bonds is 4. The van der Waals surface area contributed by atoms with E-state index in [4.69, 9.17) is 15.3 Å². The largest absolute Gasteiger partial charge is 0.481 e. The van der Waals surface area contributed by atoms with E-state index in [0.29, 0.717) is 0 Å². The molecule has 1 unspecified atom stereocenters. The fourth-order valence-corrected chi connectivity index (χ4v) is 1.82. The van der Waals surface area contributed by atoms with Crippen LogP contribution in [0.25, 0.3) is 11.3 Å². The average molecular weight is 245 g/mol. The van der Waals surface area contributed by atoms with Gasteiger partial charge in [0, 0.05) is 11.6 Å². The Labute approximate surface area is 105 Å².